The zero-order valence-corrected chi connectivity index (χ0v) is 27.8. The van der Waals surface area contributed by atoms with Gasteiger partial charge < -0.3 is 39.4 Å². The predicted octanol–water partition coefficient (Wildman–Crippen LogP) is 4.25. The molecule has 0 bridgehead atoms. The summed E-state index contributed by atoms with van der Waals surface area (Å²) in [6.45, 7) is 8.45. The Bertz CT molecular complexity index is 721. The fourth-order valence-electron chi connectivity index (χ4n) is 4.23. The van der Waals surface area contributed by atoms with Crippen molar-refractivity contribution in [1.82, 2.24) is 10.6 Å². The minimum Gasteiger partial charge on any atom is -0.464 e. The lowest BCUT2D eigenvalue weighted by atomic mass is 10.0. The van der Waals surface area contributed by atoms with Gasteiger partial charge in [-0.3, -0.25) is 14.4 Å². The van der Waals surface area contributed by atoms with Crippen LogP contribution in [0.25, 0.3) is 0 Å². The Morgan fingerprint density at radius 2 is 1.20 bits per heavy atom. The van der Waals surface area contributed by atoms with Crippen molar-refractivity contribution in [3.05, 3.63) is 12.2 Å². The minimum atomic E-state index is -0.960. The van der Waals surface area contributed by atoms with Crippen LogP contribution in [0.1, 0.15) is 104 Å². The first kappa shape index (κ1) is 42.0. The standard InChI is InChI=1S/C33H62N2O9/c1-4-5-6-7-8-9-10-11-12-13-14-15-16-17-32(38)31(28-44-30(3)37)35-33(39)18-20-40-22-24-42-26-27-43-25-23-41-21-19-34-29(2)36/h16-17,31-32,38H,4-15,18-28H2,1-3H3,(H,34,36)(H,35,39)/t31-,32+/m0/s1. The maximum atomic E-state index is 12.4. The highest BCUT2D eigenvalue weighted by Crippen LogP contribution is 2.12. The van der Waals surface area contributed by atoms with E-state index in [9.17, 15) is 19.5 Å². The summed E-state index contributed by atoms with van der Waals surface area (Å²) in [5.41, 5.74) is 0. The number of aliphatic hydroxyl groups is 1. The zero-order valence-electron chi connectivity index (χ0n) is 27.8. The Hall–Kier alpha value is -2.05. The van der Waals surface area contributed by atoms with Crippen LogP contribution in [0.15, 0.2) is 12.2 Å². The molecule has 0 saturated heterocycles. The molecule has 11 nitrogen and oxygen atoms in total. The van der Waals surface area contributed by atoms with Crippen molar-refractivity contribution in [2.75, 3.05) is 66.0 Å². The van der Waals surface area contributed by atoms with E-state index in [2.05, 4.69) is 17.6 Å². The molecule has 0 radical (unpaired) electrons. The number of carbonyl (C=O) groups is 3. The number of amides is 2. The van der Waals surface area contributed by atoms with Gasteiger partial charge in [0.25, 0.3) is 0 Å². The molecular formula is C33H62N2O9. The fraction of sp³-hybridized carbons (Fsp3) is 0.848. The molecule has 0 aromatic heterocycles. The van der Waals surface area contributed by atoms with Gasteiger partial charge >= 0.3 is 5.97 Å². The maximum absolute atomic E-state index is 12.4. The van der Waals surface area contributed by atoms with Crippen molar-refractivity contribution >= 4 is 17.8 Å². The smallest absolute Gasteiger partial charge is 0.302 e. The predicted molar refractivity (Wildman–Crippen MR) is 171 cm³/mol. The number of ether oxygens (including phenoxy) is 5. The topological polar surface area (TPSA) is 142 Å². The van der Waals surface area contributed by atoms with Crippen LogP contribution in [0.5, 0.6) is 0 Å². The van der Waals surface area contributed by atoms with Crippen LogP contribution in [-0.2, 0) is 38.1 Å². The van der Waals surface area contributed by atoms with Crippen molar-refractivity contribution in [2.45, 2.75) is 116 Å². The number of allylic oxidation sites excluding steroid dienone is 1. The molecule has 2 amide bonds. The van der Waals surface area contributed by atoms with Crippen LogP contribution in [-0.4, -0.2) is 101 Å². The lowest BCUT2D eigenvalue weighted by Gasteiger charge is -2.21. The lowest BCUT2D eigenvalue weighted by molar-refractivity contribution is -0.143. The van der Waals surface area contributed by atoms with E-state index in [1.807, 2.05) is 6.08 Å². The third kappa shape index (κ3) is 31.4. The number of esters is 1. The number of nitrogens with one attached hydrogen (secondary N) is 2. The molecule has 0 fully saturated rings. The summed E-state index contributed by atoms with van der Waals surface area (Å²) in [7, 11) is 0. The van der Waals surface area contributed by atoms with Crippen LogP contribution in [0.4, 0.5) is 0 Å². The maximum Gasteiger partial charge on any atom is 0.302 e. The molecule has 0 aliphatic carbocycles. The fourth-order valence-corrected chi connectivity index (χ4v) is 4.23. The normalized spacial score (nSPS) is 12.7. The zero-order chi connectivity index (χ0) is 32.5. The molecule has 3 N–H and O–H groups in total. The summed E-state index contributed by atoms with van der Waals surface area (Å²) in [4.78, 5) is 34.4. The first-order chi connectivity index (χ1) is 21.4. The third-order valence-electron chi connectivity index (χ3n) is 6.74. The Labute approximate surface area is 266 Å². The number of hydrogen-bond donors (Lipinski definition) is 3. The van der Waals surface area contributed by atoms with E-state index in [4.69, 9.17) is 23.7 Å². The summed E-state index contributed by atoms with van der Waals surface area (Å²) in [6, 6.07) is -0.731. The Balaban J connectivity index is 3.91. The van der Waals surface area contributed by atoms with Gasteiger partial charge in [0.1, 0.15) is 6.61 Å². The molecule has 44 heavy (non-hydrogen) atoms. The summed E-state index contributed by atoms with van der Waals surface area (Å²) >= 11 is 0. The highest BCUT2D eigenvalue weighted by Gasteiger charge is 2.20. The second-order valence-electron chi connectivity index (χ2n) is 10.9. The molecule has 0 spiro atoms. The van der Waals surface area contributed by atoms with Crippen molar-refractivity contribution in [3.63, 3.8) is 0 Å². The van der Waals surface area contributed by atoms with Crippen LogP contribution in [0.3, 0.4) is 0 Å². The minimum absolute atomic E-state index is 0.0813. The van der Waals surface area contributed by atoms with E-state index in [-0.39, 0.29) is 31.4 Å². The molecule has 0 aromatic rings. The van der Waals surface area contributed by atoms with Gasteiger partial charge in [0.15, 0.2) is 0 Å². The first-order valence-corrected chi connectivity index (χ1v) is 16.7. The van der Waals surface area contributed by atoms with E-state index in [1.54, 1.807) is 6.08 Å². The van der Waals surface area contributed by atoms with Crippen molar-refractivity contribution < 1.29 is 43.2 Å². The summed E-state index contributed by atoms with van der Waals surface area (Å²) < 4.78 is 26.7. The summed E-state index contributed by atoms with van der Waals surface area (Å²) in [5.74, 6) is -0.849. The van der Waals surface area contributed by atoms with Crippen molar-refractivity contribution in [3.8, 4) is 0 Å². The van der Waals surface area contributed by atoms with E-state index < -0.39 is 18.1 Å². The number of aliphatic hydroxyl groups excluding tert-OH is 1. The van der Waals surface area contributed by atoms with Gasteiger partial charge in [0.05, 0.1) is 65.0 Å². The van der Waals surface area contributed by atoms with Gasteiger partial charge in [0, 0.05) is 26.8 Å². The third-order valence-corrected chi connectivity index (χ3v) is 6.74. The van der Waals surface area contributed by atoms with E-state index in [1.165, 1.54) is 78.1 Å². The molecule has 11 heteroatoms. The van der Waals surface area contributed by atoms with Gasteiger partial charge in [0.2, 0.25) is 11.8 Å². The van der Waals surface area contributed by atoms with Crippen LogP contribution in [0, 0.1) is 0 Å². The lowest BCUT2D eigenvalue weighted by Crippen LogP contribution is -2.46. The van der Waals surface area contributed by atoms with Gasteiger partial charge in [-0.05, 0) is 12.8 Å². The molecule has 0 aromatic carbocycles. The van der Waals surface area contributed by atoms with E-state index in [0.717, 1.165) is 12.8 Å². The second-order valence-corrected chi connectivity index (χ2v) is 10.9. The molecule has 258 valence electrons. The molecule has 2 atom stereocenters. The van der Waals surface area contributed by atoms with Gasteiger partial charge in [-0.2, -0.15) is 0 Å². The summed E-state index contributed by atoms with van der Waals surface area (Å²) in [5, 5.41) is 16.0. The molecule has 0 aliphatic heterocycles. The number of unbranched alkanes of at least 4 members (excludes halogenated alkanes) is 11. The Kier molecular flexibility index (Phi) is 30.8. The van der Waals surface area contributed by atoms with Gasteiger partial charge in [-0.1, -0.05) is 83.3 Å². The van der Waals surface area contributed by atoms with Gasteiger partial charge in [-0.15, -0.1) is 0 Å². The van der Waals surface area contributed by atoms with Crippen LogP contribution < -0.4 is 10.6 Å². The Morgan fingerprint density at radius 1 is 0.705 bits per heavy atom. The van der Waals surface area contributed by atoms with Gasteiger partial charge in [-0.25, -0.2) is 0 Å². The highest BCUT2D eigenvalue weighted by atomic mass is 16.6. The largest absolute Gasteiger partial charge is 0.464 e. The second kappa shape index (κ2) is 32.3. The van der Waals surface area contributed by atoms with Crippen molar-refractivity contribution in [1.29, 1.82) is 0 Å². The number of rotatable bonds is 32. The SMILES string of the molecule is CCCCCCCCCCCCCC=C[C@@H](O)[C@H](COC(C)=O)NC(=O)CCOCCOCCOCCOCCNC(C)=O. The van der Waals surface area contributed by atoms with E-state index >= 15 is 0 Å². The molecule has 0 heterocycles. The molecule has 0 aliphatic rings. The first-order valence-electron chi connectivity index (χ1n) is 16.7. The van der Waals surface area contributed by atoms with Crippen LogP contribution in [0.2, 0.25) is 0 Å². The summed E-state index contributed by atoms with van der Waals surface area (Å²) in [6.07, 6.45) is 17.7. The van der Waals surface area contributed by atoms with E-state index in [0.29, 0.717) is 52.8 Å². The number of hydrogen-bond acceptors (Lipinski definition) is 9. The average Bonchev–Trinajstić information content (AvgIpc) is 2.99. The number of carbonyl (C=O) groups excluding carboxylic acids is 3. The molecular weight excluding hydrogens is 568 g/mol. The Morgan fingerprint density at radius 3 is 1.73 bits per heavy atom. The highest BCUT2D eigenvalue weighted by molar-refractivity contribution is 5.76. The molecule has 0 unspecified atom stereocenters. The van der Waals surface area contributed by atoms with Crippen LogP contribution >= 0.6 is 0 Å². The molecule has 0 rings (SSSR count). The molecule has 0 saturated carbocycles. The monoisotopic (exact) mass is 630 g/mol. The quantitative estimate of drug-likeness (QED) is 0.0565. The average molecular weight is 631 g/mol. The van der Waals surface area contributed by atoms with Crippen molar-refractivity contribution in [2.24, 2.45) is 0 Å².